The molecule has 0 spiro atoms. The molecule has 0 atom stereocenters. The number of hydrogen-bond acceptors (Lipinski definition) is 3. The summed E-state index contributed by atoms with van der Waals surface area (Å²) in [6, 6.07) is 11.5. The fraction of sp³-hybridized carbons (Fsp3) is 0.294. The zero-order valence-corrected chi connectivity index (χ0v) is 12.1. The summed E-state index contributed by atoms with van der Waals surface area (Å²) in [5, 5.41) is 0. The molecule has 108 valence electrons. The molecular formula is C17H18N2O2. The zero-order valence-electron chi connectivity index (χ0n) is 12.1. The van der Waals surface area contributed by atoms with Gasteiger partial charge in [0.05, 0.1) is 11.4 Å². The molecule has 1 amide bonds. The molecule has 4 heteroatoms. The van der Waals surface area contributed by atoms with Crippen LogP contribution in [0.15, 0.2) is 42.6 Å². The van der Waals surface area contributed by atoms with Crippen molar-refractivity contribution in [3.63, 3.8) is 0 Å². The summed E-state index contributed by atoms with van der Waals surface area (Å²) in [5.74, 6) is 0.706. The van der Waals surface area contributed by atoms with Crippen LogP contribution < -0.4 is 9.64 Å². The van der Waals surface area contributed by atoms with Crippen LogP contribution in [0.2, 0.25) is 0 Å². The molecule has 1 aliphatic heterocycles. The third-order valence-electron chi connectivity index (χ3n) is 3.61. The van der Waals surface area contributed by atoms with E-state index in [0.717, 1.165) is 42.1 Å². The Morgan fingerprint density at radius 3 is 3.10 bits per heavy atom. The molecular weight excluding hydrogens is 264 g/mol. The highest BCUT2D eigenvalue weighted by atomic mass is 16.5. The van der Waals surface area contributed by atoms with E-state index in [4.69, 9.17) is 4.74 Å². The molecule has 21 heavy (non-hydrogen) atoms. The number of fused-ring (bicyclic) bond motifs is 1. The Morgan fingerprint density at radius 1 is 1.33 bits per heavy atom. The van der Waals surface area contributed by atoms with Crippen LogP contribution in [0.25, 0.3) is 0 Å². The van der Waals surface area contributed by atoms with Crippen LogP contribution in [-0.4, -0.2) is 24.0 Å². The first-order chi connectivity index (χ1) is 10.2. The Hall–Kier alpha value is -2.36. The fourth-order valence-corrected chi connectivity index (χ4v) is 2.58. The van der Waals surface area contributed by atoms with E-state index in [1.54, 1.807) is 11.1 Å². The molecule has 0 unspecified atom stereocenters. The first-order valence-corrected chi connectivity index (χ1v) is 7.18. The number of nitrogens with zero attached hydrogens (tertiary/aromatic N) is 2. The number of aryl methyl sites for hydroxylation is 2. The van der Waals surface area contributed by atoms with Crippen LogP contribution in [0.1, 0.15) is 17.7 Å². The lowest BCUT2D eigenvalue weighted by molar-refractivity contribution is -0.120. The number of pyridine rings is 1. The summed E-state index contributed by atoms with van der Waals surface area (Å²) in [5.41, 5.74) is 3.03. The maximum atomic E-state index is 12.4. The third-order valence-corrected chi connectivity index (χ3v) is 3.61. The number of ether oxygens (including phenoxy) is 1. The zero-order chi connectivity index (χ0) is 14.7. The monoisotopic (exact) mass is 282 g/mol. The van der Waals surface area contributed by atoms with Crippen molar-refractivity contribution >= 4 is 11.6 Å². The standard InChI is InChI=1S/C17H18N2O2/c1-13-5-2-6-14(11-13)21-12-17(20)19-10-4-7-15-16(19)8-3-9-18-15/h2-3,5-6,8-9,11H,4,7,10,12H2,1H3. The van der Waals surface area contributed by atoms with Gasteiger partial charge in [-0.15, -0.1) is 0 Å². The lowest BCUT2D eigenvalue weighted by Crippen LogP contribution is -2.38. The van der Waals surface area contributed by atoms with E-state index < -0.39 is 0 Å². The van der Waals surface area contributed by atoms with Gasteiger partial charge in [0, 0.05) is 12.7 Å². The van der Waals surface area contributed by atoms with E-state index in [2.05, 4.69) is 4.98 Å². The van der Waals surface area contributed by atoms with Crippen LogP contribution >= 0.6 is 0 Å². The molecule has 1 aromatic heterocycles. The average molecular weight is 282 g/mol. The summed E-state index contributed by atoms with van der Waals surface area (Å²) in [6.45, 7) is 2.79. The number of hydrogen-bond donors (Lipinski definition) is 0. The molecule has 0 fully saturated rings. The van der Waals surface area contributed by atoms with Gasteiger partial charge in [0.2, 0.25) is 0 Å². The number of anilines is 1. The van der Waals surface area contributed by atoms with Gasteiger partial charge in [-0.25, -0.2) is 0 Å². The lowest BCUT2D eigenvalue weighted by atomic mass is 10.1. The topological polar surface area (TPSA) is 42.4 Å². The van der Waals surface area contributed by atoms with Gasteiger partial charge in [0.25, 0.3) is 5.91 Å². The van der Waals surface area contributed by atoms with E-state index in [1.165, 1.54) is 0 Å². The highest BCUT2D eigenvalue weighted by molar-refractivity contribution is 5.95. The van der Waals surface area contributed by atoms with Crippen LogP contribution in [0.3, 0.4) is 0 Å². The second-order valence-corrected chi connectivity index (χ2v) is 5.22. The highest BCUT2D eigenvalue weighted by Crippen LogP contribution is 2.25. The maximum Gasteiger partial charge on any atom is 0.264 e. The smallest absolute Gasteiger partial charge is 0.264 e. The quantitative estimate of drug-likeness (QED) is 0.869. The normalized spacial score (nSPS) is 13.7. The van der Waals surface area contributed by atoms with Crippen molar-refractivity contribution in [1.82, 2.24) is 4.98 Å². The summed E-state index contributed by atoms with van der Waals surface area (Å²) in [7, 11) is 0. The number of aromatic nitrogens is 1. The van der Waals surface area contributed by atoms with Gasteiger partial charge in [0.15, 0.2) is 6.61 Å². The molecule has 0 N–H and O–H groups in total. The Morgan fingerprint density at radius 2 is 2.24 bits per heavy atom. The van der Waals surface area contributed by atoms with Gasteiger partial charge in [-0.1, -0.05) is 12.1 Å². The summed E-state index contributed by atoms with van der Waals surface area (Å²) >= 11 is 0. The third kappa shape index (κ3) is 3.05. The maximum absolute atomic E-state index is 12.4. The molecule has 0 saturated carbocycles. The Labute approximate surface area is 124 Å². The van der Waals surface area contributed by atoms with E-state index in [1.807, 2.05) is 43.3 Å². The van der Waals surface area contributed by atoms with Crippen molar-refractivity contribution in [2.24, 2.45) is 0 Å². The van der Waals surface area contributed by atoms with Crippen LogP contribution in [-0.2, 0) is 11.2 Å². The van der Waals surface area contributed by atoms with Crippen molar-refractivity contribution in [3.8, 4) is 5.75 Å². The van der Waals surface area contributed by atoms with Gasteiger partial charge < -0.3 is 9.64 Å². The Balaban J connectivity index is 1.69. The Kier molecular flexibility index (Phi) is 3.86. The van der Waals surface area contributed by atoms with E-state index in [-0.39, 0.29) is 12.5 Å². The van der Waals surface area contributed by atoms with Crippen molar-refractivity contribution in [2.75, 3.05) is 18.1 Å². The van der Waals surface area contributed by atoms with E-state index >= 15 is 0 Å². The predicted molar refractivity (Wildman–Crippen MR) is 81.6 cm³/mol. The molecule has 3 rings (SSSR count). The highest BCUT2D eigenvalue weighted by Gasteiger charge is 2.23. The summed E-state index contributed by atoms with van der Waals surface area (Å²) in [4.78, 5) is 18.5. The van der Waals surface area contributed by atoms with Gasteiger partial charge >= 0.3 is 0 Å². The van der Waals surface area contributed by atoms with Gasteiger partial charge in [-0.3, -0.25) is 9.78 Å². The molecule has 0 bridgehead atoms. The number of benzene rings is 1. The number of amides is 1. The summed E-state index contributed by atoms with van der Waals surface area (Å²) < 4.78 is 5.61. The minimum atomic E-state index is -0.0227. The van der Waals surface area contributed by atoms with Crippen molar-refractivity contribution in [1.29, 1.82) is 0 Å². The lowest BCUT2D eigenvalue weighted by Gasteiger charge is -2.28. The van der Waals surface area contributed by atoms with Crippen molar-refractivity contribution in [2.45, 2.75) is 19.8 Å². The largest absolute Gasteiger partial charge is 0.484 e. The molecule has 0 aliphatic carbocycles. The molecule has 4 nitrogen and oxygen atoms in total. The predicted octanol–water partition coefficient (Wildman–Crippen LogP) is 2.75. The van der Waals surface area contributed by atoms with Gasteiger partial charge in [-0.2, -0.15) is 0 Å². The number of carbonyl (C=O) groups is 1. The minimum absolute atomic E-state index is 0.0227. The fourth-order valence-electron chi connectivity index (χ4n) is 2.58. The van der Waals surface area contributed by atoms with Crippen molar-refractivity contribution in [3.05, 3.63) is 53.9 Å². The molecule has 2 aromatic rings. The molecule has 0 saturated heterocycles. The second kappa shape index (κ2) is 5.95. The molecule has 2 heterocycles. The van der Waals surface area contributed by atoms with Gasteiger partial charge in [0.1, 0.15) is 5.75 Å². The van der Waals surface area contributed by atoms with Crippen LogP contribution in [0.4, 0.5) is 5.69 Å². The minimum Gasteiger partial charge on any atom is -0.484 e. The van der Waals surface area contributed by atoms with E-state index in [0.29, 0.717) is 0 Å². The van der Waals surface area contributed by atoms with Crippen LogP contribution in [0.5, 0.6) is 5.75 Å². The number of carbonyl (C=O) groups excluding carboxylic acids is 1. The SMILES string of the molecule is Cc1cccc(OCC(=O)N2CCCc3ncccc32)c1. The average Bonchev–Trinajstić information content (AvgIpc) is 2.52. The van der Waals surface area contributed by atoms with Gasteiger partial charge in [-0.05, 0) is 49.6 Å². The summed E-state index contributed by atoms with van der Waals surface area (Å²) in [6.07, 6.45) is 3.65. The molecule has 0 radical (unpaired) electrons. The second-order valence-electron chi connectivity index (χ2n) is 5.22. The number of rotatable bonds is 3. The van der Waals surface area contributed by atoms with Crippen molar-refractivity contribution < 1.29 is 9.53 Å². The first kappa shape index (κ1) is 13.6. The first-order valence-electron chi connectivity index (χ1n) is 7.18. The van der Waals surface area contributed by atoms with Crippen LogP contribution in [0, 0.1) is 6.92 Å². The van der Waals surface area contributed by atoms with E-state index in [9.17, 15) is 4.79 Å². The Bertz CT molecular complexity index is 655. The molecule has 1 aliphatic rings. The molecule has 1 aromatic carbocycles.